The van der Waals surface area contributed by atoms with Crippen molar-refractivity contribution in [1.82, 2.24) is 14.9 Å². The van der Waals surface area contributed by atoms with E-state index >= 15 is 0 Å². The third-order valence-electron chi connectivity index (χ3n) is 4.37. The summed E-state index contributed by atoms with van der Waals surface area (Å²) >= 11 is 0. The van der Waals surface area contributed by atoms with Crippen LogP contribution in [0.15, 0.2) is 60.8 Å². The minimum absolute atomic E-state index is 0.142. The molecular weight excluding hydrogens is 372 g/mol. The second-order valence-electron chi connectivity index (χ2n) is 6.55. The minimum atomic E-state index is -0.545. The summed E-state index contributed by atoms with van der Waals surface area (Å²) < 4.78 is 7.41. The fourth-order valence-corrected chi connectivity index (χ4v) is 2.80. The van der Waals surface area contributed by atoms with Gasteiger partial charge in [0.15, 0.2) is 0 Å². The van der Waals surface area contributed by atoms with Crippen molar-refractivity contribution in [1.29, 1.82) is 0 Å². The van der Waals surface area contributed by atoms with Crippen LogP contribution in [0.25, 0.3) is 0 Å². The minimum Gasteiger partial charge on any atom is -0.489 e. The standard InChI is InChI=1S/C21H22N4O4/c1-16-23-20(25(27)28)14-24(16)11-10-21(26)22-13-18-8-5-9-19(12-18)29-15-17-6-3-2-4-7-17/h2-9,12,14H,10-11,13,15H2,1H3,(H,22,26). The van der Waals surface area contributed by atoms with Gasteiger partial charge in [0.2, 0.25) is 11.7 Å². The van der Waals surface area contributed by atoms with Crippen LogP contribution in [0.4, 0.5) is 5.82 Å². The molecule has 0 aliphatic heterocycles. The number of nitrogens with zero attached hydrogens (tertiary/aromatic N) is 3. The first-order valence-electron chi connectivity index (χ1n) is 9.22. The molecule has 0 aliphatic carbocycles. The maximum Gasteiger partial charge on any atom is 0.381 e. The largest absolute Gasteiger partial charge is 0.489 e. The molecule has 0 fully saturated rings. The lowest BCUT2D eigenvalue weighted by Gasteiger charge is -2.09. The van der Waals surface area contributed by atoms with E-state index in [4.69, 9.17) is 4.74 Å². The molecule has 29 heavy (non-hydrogen) atoms. The Bertz CT molecular complexity index is 985. The highest BCUT2D eigenvalue weighted by molar-refractivity contribution is 5.75. The number of ether oxygens (including phenoxy) is 1. The van der Waals surface area contributed by atoms with Gasteiger partial charge in [0.25, 0.3) is 0 Å². The Morgan fingerprint density at radius 3 is 2.66 bits per heavy atom. The van der Waals surface area contributed by atoms with Crippen LogP contribution in [0.2, 0.25) is 0 Å². The predicted molar refractivity (Wildman–Crippen MR) is 107 cm³/mol. The zero-order valence-electron chi connectivity index (χ0n) is 16.1. The predicted octanol–water partition coefficient (Wildman–Crippen LogP) is 3.39. The Morgan fingerprint density at radius 2 is 1.93 bits per heavy atom. The smallest absolute Gasteiger partial charge is 0.381 e. The lowest BCUT2D eigenvalue weighted by molar-refractivity contribution is -0.389. The molecule has 3 aromatic rings. The van der Waals surface area contributed by atoms with E-state index in [2.05, 4.69) is 10.3 Å². The van der Waals surface area contributed by atoms with Gasteiger partial charge in [-0.3, -0.25) is 4.79 Å². The molecule has 2 aromatic carbocycles. The highest BCUT2D eigenvalue weighted by Gasteiger charge is 2.15. The number of hydrogen-bond donors (Lipinski definition) is 1. The summed E-state index contributed by atoms with van der Waals surface area (Å²) in [6, 6.07) is 17.5. The zero-order valence-corrected chi connectivity index (χ0v) is 16.1. The number of aromatic nitrogens is 2. The van der Waals surface area contributed by atoms with Gasteiger partial charge in [-0.15, -0.1) is 0 Å². The number of benzene rings is 2. The van der Waals surface area contributed by atoms with Gasteiger partial charge in [-0.05, 0) is 33.2 Å². The molecule has 1 aromatic heterocycles. The molecule has 150 valence electrons. The van der Waals surface area contributed by atoms with Crippen LogP contribution >= 0.6 is 0 Å². The molecule has 0 saturated heterocycles. The van der Waals surface area contributed by atoms with E-state index < -0.39 is 4.92 Å². The van der Waals surface area contributed by atoms with E-state index in [1.54, 1.807) is 11.5 Å². The average molecular weight is 394 g/mol. The van der Waals surface area contributed by atoms with Crippen molar-refractivity contribution in [3.63, 3.8) is 0 Å². The summed E-state index contributed by atoms with van der Waals surface area (Å²) in [6.07, 6.45) is 1.55. The fourth-order valence-electron chi connectivity index (χ4n) is 2.80. The van der Waals surface area contributed by atoms with Crippen molar-refractivity contribution in [2.75, 3.05) is 0 Å². The Labute approximate surface area is 168 Å². The monoisotopic (exact) mass is 394 g/mol. The van der Waals surface area contributed by atoms with Crippen molar-refractivity contribution >= 4 is 11.7 Å². The van der Waals surface area contributed by atoms with E-state index in [0.29, 0.717) is 25.5 Å². The Hall–Kier alpha value is -3.68. The number of nitro groups is 1. The molecule has 0 aliphatic rings. The SMILES string of the molecule is Cc1nc([N+](=O)[O-])cn1CCC(=O)NCc1cccc(OCc2ccccc2)c1. The lowest BCUT2D eigenvalue weighted by atomic mass is 10.2. The van der Waals surface area contributed by atoms with Crippen LogP contribution in [0.5, 0.6) is 5.75 Å². The Balaban J connectivity index is 1.47. The van der Waals surface area contributed by atoms with E-state index in [0.717, 1.165) is 16.9 Å². The number of hydrogen-bond acceptors (Lipinski definition) is 5. The molecule has 0 radical (unpaired) electrons. The van der Waals surface area contributed by atoms with E-state index in [9.17, 15) is 14.9 Å². The Morgan fingerprint density at radius 1 is 1.17 bits per heavy atom. The number of imidazole rings is 1. The number of aryl methyl sites for hydroxylation is 2. The van der Waals surface area contributed by atoms with Gasteiger partial charge in [0.05, 0.1) is 0 Å². The third kappa shape index (κ3) is 5.90. The highest BCUT2D eigenvalue weighted by Crippen LogP contribution is 2.15. The van der Waals surface area contributed by atoms with Crippen LogP contribution in [-0.4, -0.2) is 20.4 Å². The van der Waals surface area contributed by atoms with Crippen molar-refractivity contribution in [3.8, 4) is 5.75 Å². The van der Waals surface area contributed by atoms with Gasteiger partial charge in [0.1, 0.15) is 18.6 Å². The maximum absolute atomic E-state index is 12.1. The maximum atomic E-state index is 12.1. The quantitative estimate of drug-likeness (QED) is 0.443. The number of carbonyl (C=O) groups is 1. The fraction of sp³-hybridized carbons (Fsp3) is 0.238. The van der Waals surface area contributed by atoms with Crippen molar-refractivity contribution in [2.24, 2.45) is 0 Å². The normalized spacial score (nSPS) is 10.5. The van der Waals surface area contributed by atoms with Crippen LogP contribution < -0.4 is 10.1 Å². The van der Waals surface area contributed by atoms with E-state index in [1.807, 2.05) is 54.6 Å². The van der Waals surface area contributed by atoms with Crippen molar-refractivity contribution in [3.05, 3.63) is 87.9 Å². The highest BCUT2D eigenvalue weighted by atomic mass is 16.6. The Kier molecular flexibility index (Phi) is 6.57. The first-order chi connectivity index (χ1) is 14.0. The molecule has 8 heteroatoms. The van der Waals surface area contributed by atoms with Crippen molar-refractivity contribution < 1.29 is 14.5 Å². The molecule has 0 unspecified atom stereocenters. The zero-order chi connectivity index (χ0) is 20.6. The molecule has 0 saturated carbocycles. The number of rotatable bonds is 9. The summed E-state index contributed by atoms with van der Waals surface area (Å²) in [5.74, 6) is 0.890. The van der Waals surface area contributed by atoms with E-state index in [1.165, 1.54) is 6.20 Å². The first kappa shape index (κ1) is 20.1. The second-order valence-corrected chi connectivity index (χ2v) is 6.55. The average Bonchev–Trinajstić information content (AvgIpc) is 3.11. The number of amides is 1. The molecule has 1 N–H and O–H groups in total. The van der Waals surface area contributed by atoms with Gasteiger partial charge < -0.3 is 24.7 Å². The van der Waals surface area contributed by atoms with Gasteiger partial charge in [-0.25, -0.2) is 0 Å². The molecule has 0 bridgehead atoms. The summed E-state index contributed by atoms with van der Waals surface area (Å²) in [4.78, 5) is 26.2. The van der Waals surface area contributed by atoms with Crippen LogP contribution in [-0.2, 0) is 24.5 Å². The molecule has 3 rings (SSSR count). The molecule has 0 spiro atoms. The first-order valence-corrected chi connectivity index (χ1v) is 9.22. The molecule has 1 heterocycles. The van der Waals surface area contributed by atoms with E-state index in [-0.39, 0.29) is 18.1 Å². The number of carbonyl (C=O) groups excluding carboxylic acids is 1. The molecule has 0 atom stereocenters. The summed E-state index contributed by atoms with van der Waals surface area (Å²) in [6.45, 7) is 2.86. The van der Waals surface area contributed by atoms with Crippen LogP contribution in [0.3, 0.4) is 0 Å². The summed E-state index contributed by atoms with van der Waals surface area (Å²) in [5.41, 5.74) is 2.01. The second kappa shape index (κ2) is 9.50. The van der Waals surface area contributed by atoms with Crippen LogP contribution in [0, 0.1) is 17.0 Å². The molecule has 8 nitrogen and oxygen atoms in total. The van der Waals surface area contributed by atoms with Gasteiger partial charge in [-0.1, -0.05) is 42.5 Å². The topological polar surface area (TPSA) is 99.3 Å². The molecular formula is C21H22N4O4. The number of nitrogens with one attached hydrogen (secondary N) is 1. The lowest BCUT2D eigenvalue weighted by Crippen LogP contribution is -2.24. The van der Waals surface area contributed by atoms with Crippen molar-refractivity contribution in [2.45, 2.75) is 33.0 Å². The third-order valence-corrected chi connectivity index (χ3v) is 4.37. The summed E-state index contributed by atoms with van der Waals surface area (Å²) in [7, 11) is 0. The summed E-state index contributed by atoms with van der Waals surface area (Å²) in [5, 5.41) is 13.6. The van der Waals surface area contributed by atoms with Gasteiger partial charge >= 0.3 is 5.82 Å². The van der Waals surface area contributed by atoms with Gasteiger partial charge in [-0.2, -0.15) is 0 Å². The van der Waals surface area contributed by atoms with Gasteiger partial charge in [0, 0.05) is 26.4 Å². The molecule has 1 amide bonds. The van der Waals surface area contributed by atoms with Crippen LogP contribution in [0.1, 0.15) is 23.4 Å².